The predicted octanol–water partition coefficient (Wildman–Crippen LogP) is 4.09. The summed E-state index contributed by atoms with van der Waals surface area (Å²) in [6.45, 7) is 6.08. The lowest BCUT2D eigenvalue weighted by Crippen LogP contribution is -2.51. The van der Waals surface area contributed by atoms with Crippen LogP contribution < -0.4 is 0 Å². The van der Waals surface area contributed by atoms with Crippen molar-refractivity contribution < 1.29 is 14.1 Å². The normalized spacial score (nSPS) is 21.8. The Bertz CT molecular complexity index is 858. The Balaban J connectivity index is 1.37. The molecule has 0 bridgehead atoms. The van der Waals surface area contributed by atoms with Gasteiger partial charge in [0.25, 0.3) is 5.91 Å². The largest absolute Gasteiger partial charge is 0.375 e. The zero-order valence-corrected chi connectivity index (χ0v) is 18.0. The number of carbonyl (C=O) groups excluding carboxylic acids is 1. The highest BCUT2D eigenvalue weighted by Crippen LogP contribution is 2.39. The van der Waals surface area contributed by atoms with Crippen LogP contribution in [0.15, 0.2) is 27.2 Å². The van der Waals surface area contributed by atoms with E-state index in [1.165, 1.54) is 0 Å². The van der Waals surface area contributed by atoms with Crippen molar-refractivity contribution in [1.29, 1.82) is 0 Å². The molecule has 3 heterocycles. The smallest absolute Gasteiger partial charge is 0.253 e. The summed E-state index contributed by atoms with van der Waals surface area (Å²) in [5, 5.41) is 4.04. The van der Waals surface area contributed by atoms with Gasteiger partial charge in [0.05, 0.1) is 5.60 Å². The Labute approximate surface area is 173 Å². The molecular weight excluding hydrogens is 422 g/mol. The molecule has 2 fully saturated rings. The number of ether oxygens (including phenoxy) is 1. The van der Waals surface area contributed by atoms with Gasteiger partial charge in [-0.15, -0.1) is 0 Å². The number of aromatic nitrogens is 2. The van der Waals surface area contributed by atoms with Gasteiger partial charge in [0.2, 0.25) is 5.89 Å². The molecule has 7 heteroatoms. The highest BCUT2D eigenvalue weighted by molar-refractivity contribution is 9.10. The van der Waals surface area contributed by atoms with Gasteiger partial charge in [-0.05, 0) is 56.2 Å². The molecule has 1 atom stereocenters. The molecule has 28 heavy (non-hydrogen) atoms. The van der Waals surface area contributed by atoms with Crippen LogP contribution in [0.3, 0.4) is 0 Å². The SMILES string of the molecule is Cc1nc(CC2CCOC3(CCN(C(=O)c4ccc(C)c(Br)c4)CC3)C2)no1. The third kappa shape index (κ3) is 4.15. The van der Waals surface area contributed by atoms with Gasteiger partial charge < -0.3 is 14.2 Å². The lowest BCUT2D eigenvalue weighted by Gasteiger charge is -2.46. The van der Waals surface area contributed by atoms with E-state index in [2.05, 4.69) is 26.1 Å². The Morgan fingerprint density at radius 1 is 1.32 bits per heavy atom. The summed E-state index contributed by atoms with van der Waals surface area (Å²) in [6, 6.07) is 5.81. The van der Waals surface area contributed by atoms with Gasteiger partial charge >= 0.3 is 0 Å². The number of rotatable bonds is 3. The Morgan fingerprint density at radius 2 is 2.11 bits per heavy atom. The first-order chi connectivity index (χ1) is 13.4. The van der Waals surface area contributed by atoms with Crippen molar-refractivity contribution in [3.63, 3.8) is 0 Å². The van der Waals surface area contributed by atoms with E-state index in [0.717, 1.165) is 73.2 Å². The minimum Gasteiger partial charge on any atom is -0.375 e. The molecule has 1 aromatic heterocycles. The zero-order valence-electron chi connectivity index (χ0n) is 16.4. The second-order valence-corrected chi connectivity index (χ2v) is 8.93. The van der Waals surface area contributed by atoms with Crippen LogP contribution >= 0.6 is 15.9 Å². The van der Waals surface area contributed by atoms with Crippen molar-refractivity contribution in [2.45, 2.75) is 51.6 Å². The average Bonchev–Trinajstić information content (AvgIpc) is 3.09. The highest BCUT2D eigenvalue weighted by Gasteiger charge is 2.41. The van der Waals surface area contributed by atoms with Crippen LogP contribution in [-0.2, 0) is 11.2 Å². The molecule has 2 saturated heterocycles. The van der Waals surface area contributed by atoms with Crippen LogP contribution in [0.4, 0.5) is 0 Å². The van der Waals surface area contributed by atoms with Crippen LogP contribution in [0.1, 0.15) is 53.3 Å². The molecular formula is C21H26BrN3O3. The van der Waals surface area contributed by atoms with Crippen molar-refractivity contribution in [3.8, 4) is 0 Å². The summed E-state index contributed by atoms with van der Waals surface area (Å²) in [4.78, 5) is 19.2. The summed E-state index contributed by atoms with van der Waals surface area (Å²) >= 11 is 3.52. The molecule has 0 N–H and O–H groups in total. The van der Waals surface area contributed by atoms with Crippen LogP contribution in [0.2, 0.25) is 0 Å². The third-order valence-electron chi connectivity index (χ3n) is 6.02. The summed E-state index contributed by atoms with van der Waals surface area (Å²) in [5.74, 6) is 2.01. The lowest BCUT2D eigenvalue weighted by atomic mass is 9.78. The van der Waals surface area contributed by atoms with Gasteiger partial charge in [-0.25, -0.2) is 0 Å². The first-order valence-electron chi connectivity index (χ1n) is 9.93. The Morgan fingerprint density at radius 3 is 2.79 bits per heavy atom. The number of nitrogens with zero attached hydrogens (tertiary/aromatic N) is 3. The fourth-order valence-corrected chi connectivity index (χ4v) is 4.74. The maximum absolute atomic E-state index is 12.9. The molecule has 1 aromatic carbocycles. The van der Waals surface area contributed by atoms with Crippen molar-refractivity contribution in [2.24, 2.45) is 5.92 Å². The van der Waals surface area contributed by atoms with Gasteiger partial charge in [0, 0.05) is 43.1 Å². The minimum absolute atomic E-state index is 0.102. The van der Waals surface area contributed by atoms with Gasteiger partial charge in [0.15, 0.2) is 5.82 Å². The molecule has 0 aliphatic carbocycles. The summed E-state index contributed by atoms with van der Waals surface area (Å²) in [6.07, 6.45) is 4.62. The van der Waals surface area contributed by atoms with Crippen LogP contribution in [0.25, 0.3) is 0 Å². The maximum Gasteiger partial charge on any atom is 0.253 e. The number of aryl methyl sites for hydroxylation is 2. The predicted molar refractivity (Wildman–Crippen MR) is 108 cm³/mol. The van der Waals surface area contributed by atoms with E-state index in [-0.39, 0.29) is 11.5 Å². The fourth-order valence-electron chi connectivity index (χ4n) is 4.36. The molecule has 6 nitrogen and oxygen atoms in total. The molecule has 2 aliphatic rings. The molecule has 0 radical (unpaired) electrons. The second-order valence-electron chi connectivity index (χ2n) is 8.08. The molecule has 4 rings (SSSR count). The van der Waals surface area contributed by atoms with E-state index >= 15 is 0 Å². The van der Waals surface area contributed by atoms with Crippen molar-refractivity contribution in [2.75, 3.05) is 19.7 Å². The zero-order chi connectivity index (χ0) is 19.7. The van der Waals surface area contributed by atoms with Crippen molar-refractivity contribution in [1.82, 2.24) is 15.0 Å². The summed E-state index contributed by atoms with van der Waals surface area (Å²) in [5.41, 5.74) is 1.75. The van der Waals surface area contributed by atoms with E-state index in [9.17, 15) is 4.79 Å². The topological polar surface area (TPSA) is 68.5 Å². The van der Waals surface area contributed by atoms with Gasteiger partial charge in [-0.2, -0.15) is 4.98 Å². The number of carbonyl (C=O) groups is 1. The van der Waals surface area contributed by atoms with Crippen molar-refractivity contribution in [3.05, 3.63) is 45.5 Å². The number of amides is 1. The average molecular weight is 448 g/mol. The third-order valence-corrected chi connectivity index (χ3v) is 6.87. The quantitative estimate of drug-likeness (QED) is 0.708. The number of piperidine rings is 1. The highest BCUT2D eigenvalue weighted by atomic mass is 79.9. The molecule has 1 amide bonds. The number of benzene rings is 1. The minimum atomic E-state index is -0.119. The number of hydrogen-bond donors (Lipinski definition) is 0. The molecule has 2 aliphatic heterocycles. The first-order valence-corrected chi connectivity index (χ1v) is 10.7. The molecule has 1 spiro atoms. The van der Waals surface area contributed by atoms with E-state index in [1.807, 2.05) is 36.9 Å². The molecule has 2 aromatic rings. The Hall–Kier alpha value is -1.73. The lowest BCUT2D eigenvalue weighted by molar-refractivity contribution is -0.123. The number of likely N-dealkylation sites (tertiary alicyclic amines) is 1. The van der Waals surface area contributed by atoms with E-state index < -0.39 is 0 Å². The van der Waals surface area contributed by atoms with Gasteiger partial charge in [0.1, 0.15) is 0 Å². The van der Waals surface area contributed by atoms with E-state index in [0.29, 0.717) is 11.8 Å². The van der Waals surface area contributed by atoms with E-state index in [4.69, 9.17) is 9.26 Å². The first kappa shape index (κ1) is 19.6. The monoisotopic (exact) mass is 447 g/mol. The van der Waals surface area contributed by atoms with Crippen molar-refractivity contribution >= 4 is 21.8 Å². The standard InChI is InChI=1S/C21H26BrN3O3/c1-14-3-4-17(12-18(14)22)20(26)25-8-6-21(7-9-25)13-16(5-10-27-21)11-19-23-15(2)28-24-19/h3-4,12,16H,5-11,13H2,1-2H3. The second kappa shape index (κ2) is 7.95. The molecule has 1 unspecified atom stereocenters. The number of hydrogen-bond acceptors (Lipinski definition) is 5. The summed E-state index contributed by atoms with van der Waals surface area (Å²) < 4.78 is 12.3. The van der Waals surface area contributed by atoms with Gasteiger partial charge in [-0.3, -0.25) is 4.79 Å². The summed E-state index contributed by atoms with van der Waals surface area (Å²) in [7, 11) is 0. The fraction of sp³-hybridized carbons (Fsp3) is 0.571. The molecule has 150 valence electrons. The Kier molecular flexibility index (Phi) is 5.56. The van der Waals surface area contributed by atoms with Crippen LogP contribution in [0, 0.1) is 19.8 Å². The van der Waals surface area contributed by atoms with Crippen LogP contribution in [0.5, 0.6) is 0 Å². The van der Waals surface area contributed by atoms with Gasteiger partial charge in [-0.1, -0.05) is 27.2 Å². The number of halogens is 1. The van der Waals surface area contributed by atoms with Crippen LogP contribution in [-0.4, -0.2) is 46.2 Å². The maximum atomic E-state index is 12.9. The van der Waals surface area contributed by atoms with E-state index in [1.54, 1.807) is 0 Å². The molecule has 0 saturated carbocycles.